The topological polar surface area (TPSA) is 21.3 Å². The predicted octanol–water partition coefficient (Wildman–Crippen LogP) is 2.40. The van der Waals surface area contributed by atoms with E-state index >= 15 is 0 Å². The quantitative estimate of drug-likeness (QED) is 0.826. The monoisotopic (exact) mass is 245 g/mol. The number of hydrogen-bond acceptors (Lipinski definition) is 2. The van der Waals surface area contributed by atoms with E-state index in [0.29, 0.717) is 13.2 Å². The molecule has 1 aromatic rings. The van der Waals surface area contributed by atoms with Crippen LogP contribution in [0.5, 0.6) is 0 Å². The van der Waals surface area contributed by atoms with Crippen LogP contribution in [-0.4, -0.2) is 20.3 Å². The number of halogens is 3. The number of rotatable bonds is 3. The maximum Gasteiger partial charge on any atom is 0.194 e. The molecule has 0 aliphatic carbocycles. The number of ether oxygens (including phenoxy) is 1. The molecule has 0 bridgehead atoms. The van der Waals surface area contributed by atoms with Crippen LogP contribution < -0.4 is 5.32 Å². The van der Waals surface area contributed by atoms with Gasteiger partial charge in [-0.2, -0.15) is 0 Å². The highest BCUT2D eigenvalue weighted by Crippen LogP contribution is 2.31. The first-order valence-corrected chi connectivity index (χ1v) is 5.53. The van der Waals surface area contributed by atoms with Crippen molar-refractivity contribution in [2.24, 2.45) is 5.92 Å². The Balaban J connectivity index is 2.33. The molecular formula is C12H14F3NO. The van der Waals surface area contributed by atoms with Crippen LogP contribution in [0, 0.1) is 23.4 Å². The third kappa shape index (κ3) is 2.30. The van der Waals surface area contributed by atoms with Crippen molar-refractivity contribution in [2.75, 3.05) is 20.3 Å². The number of nitrogens with one attached hydrogen (secondary N) is 1. The van der Waals surface area contributed by atoms with Gasteiger partial charge in [0.2, 0.25) is 0 Å². The van der Waals surface area contributed by atoms with E-state index < -0.39 is 17.5 Å². The fourth-order valence-corrected chi connectivity index (χ4v) is 2.24. The lowest BCUT2D eigenvalue weighted by molar-refractivity contribution is 0.177. The second kappa shape index (κ2) is 5.06. The largest absolute Gasteiger partial charge is 0.381 e. The van der Waals surface area contributed by atoms with Crippen molar-refractivity contribution in [1.82, 2.24) is 5.32 Å². The van der Waals surface area contributed by atoms with Crippen LogP contribution in [0.4, 0.5) is 13.2 Å². The summed E-state index contributed by atoms with van der Waals surface area (Å²) in [6.07, 6.45) is 0.782. The Morgan fingerprint density at radius 2 is 2.06 bits per heavy atom. The first-order valence-electron chi connectivity index (χ1n) is 5.53. The molecule has 1 aliphatic rings. The van der Waals surface area contributed by atoms with E-state index in [0.717, 1.165) is 12.5 Å². The highest BCUT2D eigenvalue weighted by Gasteiger charge is 2.29. The second-order valence-electron chi connectivity index (χ2n) is 4.15. The maximum absolute atomic E-state index is 13.7. The van der Waals surface area contributed by atoms with Crippen molar-refractivity contribution in [2.45, 2.75) is 12.5 Å². The van der Waals surface area contributed by atoms with Gasteiger partial charge in [0, 0.05) is 24.1 Å². The Kier molecular flexibility index (Phi) is 3.69. The first kappa shape index (κ1) is 12.4. The highest BCUT2D eigenvalue weighted by atomic mass is 19.2. The van der Waals surface area contributed by atoms with E-state index in [4.69, 9.17) is 4.74 Å². The predicted molar refractivity (Wildman–Crippen MR) is 57.0 cm³/mol. The molecule has 2 atom stereocenters. The molecule has 1 saturated heterocycles. The van der Waals surface area contributed by atoms with Crippen LogP contribution in [0.25, 0.3) is 0 Å². The summed E-state index contributed by atoms with van der Waals surface area (Å²) in [6, 6.07) is 1.88. The molecule has 1 heterocycles. The fraction of sp³-hybridized carbons (Fsp3) is 0.500. The minimum absolute atomic E-state index is 0.0827. The number of benzene rings is 1. The minimum atomic E-state index is -1.42. The zero-order valence-corrected chi connectivity index (χ0v) is 9.47. The summed E-state index contributed by atoms with van der Waals surface area (Å²) in [5.74, 6) is -3.61. The van der Waals surface area contributed by atoms with Crippen LogP contribution in [0.15, 0.2) is 12.1 Å². The molecular weight excluding hydrogens is 231 g/mol. The van der Waals surface area contributed by atoms with Crippen LogP contribution in [0.1, 0.15) is 18.0 Å². The summed E-state index contributed by atoms with van der Waals surface area (Å²) < 4.78 is 44.9. The smallest absolute Gasteiger partial charge is 0.194 e. The van der Waals surface area contributed by atoms with Crippen molar-refractivity contribution in [3.05, 3.63) is 35.1 Å². The summed E-state index contributed by atoms with van der Waals surface area (Å²) in [4.78, 5) is 0. The van der Waals surface area contributed by atoms with Gasteiger partial charge in [-0.3, -0.25) is 0 Å². The molecule has 2 rings (SSSR count). The lowest BCUT2D eigenvalue weighted by atomic mass is 9.92. The lowest BCUT2D eigenvalue weighted by Crippen LogP contribution is -2.27. The standard InChI is InChI=1S/C12H14F3NO/c1-16-12(7-4-5-17-6-7)8-2-3-9(13)11(15)10(8)14/h2-3,7,12,16H,4-6H2,1H3. The van der Waals surface area contributed by atoms with Gasteiger partial charge >= 0.3 is 0 Å². The Labute approximate surface area is 97.8 Å². The van der Waals surface area contributed by atoms with E-state index in [-0.39, 0.29) is 17.5 Å². The van der Waals surface area contributed by atoms with Crippen LogP contribution in [0.3, 0.4) is 0 Å². The molecule has 0 amide bonds. The van der Waals surface area contributed by atoms with Crippen molar-refractivity contribution in [3.63, 3.8) is 0 Å². The van der Waals surface area contributed by atoms with Gasteiger partial charge < -0.3 is 10.1 Å². The van der Waals surface area contributed by atoms with Crippen molar-refractivity contribution >= 4 is 0 Å². The molecule has 0 aromatic heterocycles. The minimum Gasteiger partial charge on any atom is -0.381 e. The van der Waals surface area contributed by atoms with Gasteiger partial charge in [-0.1, -0.05) is 6.07 Å². The SMILES string of the molecule is CNC(c1ccc(F)c(F)c1F)C1CCOC1. The normalized spacial score (nSPS) is 21.8. The van der Waals surface area contributed by atoms with Gasteiger partial charge in [0.25, 0.3) is 0 Å². The molecule has 1 aromatic carbocycles. The molecule has 1 aliphatic heterocycles. The van der Waals surface area contributed by atoms with Crippen LogP contribution in [0.2, 0.25) is 0 Å². The van der Waals surface area contributed by atoms with Crippen molar-refractivity contribution in [3.8, 4) is 0 Å². The van der Waals surface area contributed by atoms with Gasteiger partial charge in [-0.05, 0) is 19.5 Å². The molecule has 17 heavy (non-hydrogen) atoms. The molecule has 1 fully saturated rings. The number of hydrogen-bond donors (Lipinski definition) is 1. The van der Waals surface area contributed by atoms with Crippen LogP contribution in [-0.2, 0) is 4.74 Å². The summed E-state index contributed by atoms with van der Waals surface area (Å²) >= 11 is 0. The van der Waals surface area contributed by atoms with E-state index in [2.05, 4.69) is 5.32 Å². The van der Waals surface area contributed by atoms with Crippen LogP contribution >= 0.6 is 0 Å². The van der Waals surface area contributed by atoms with E-state index in [1.807, 2.05) is 0 Å². The summed E-state index contributed by atoms with van der Waals surface area (Å²) in [6.45, 7) is 1.12. The molecule has 0 saturated carbocycles. The van der Waals surface area contributed by atoms with E-state index in [9.17, 15) is 13.2 Å². The molecule has 2 nitrogen and oxygen atoms in total. The lowest BCUT2D eigenvalue weighted by Gasteiger charge is -2.22. The van der Waals surface area contributed by atoms with Gasteiger partial charge in [0.1, 0.15) is 0 Å². The fourth-order valence-electron chi connectivity index (χ4n) is 2.24. The van der Waals surface area contributed by atoms with Gasteiger partial charge in [0.15, 0.2) is 17.5 Å². The van der Waals surface area contributed by atoms with Gasteiger partial charge in [-0.15, -0.1) is 0 Å². The second-order valence-corrected chi connectivity index (χ2v) is 4.15. The average Bonchev–Trinajstić information content (AvgIpc) is 2.84. The zero-order chi connectivity index (χ0) is 12.4. The van der Waals surface area contributed by atoms with Crippen molar-refractivity contribution in [1.29, 1.82) is 0 Å². The third-order valence-corrected chi connectivity index (χ3v) is 3.15. The summed E-state index contributed by atoms with van der Waals surface area (Å²) in [7, 11) is 1.67. The van der Waals surface area contributed by atoms with E-state index in [1.165, 1.54) is 6.07 Å². The van der Waals surface area contributed by atoms with Gasteiger partial charge in [0.05, 0.1) is 6.61 Å². The molecule has 2 unspecified atom stereocenters. The average molecular weight is 245 g/mol. The van der Waals surface area contributed by atoms with Gasteiger partial charge in [-0.25, -0.2) is 13.2 Å². The van der Waals surface area contributed by atoms with E-state index in [1.54, 1.807) is 7.05 Å². The zero-order valence-electron chi connectivity index (χ0n) is 9.47. The molecule has 5 heteroatoms. The Hall–Kier alpha value is -1.07. The third-order valence-electron chi connectivity index (χ3n) is 3.15. The Morgan fingerprint density at radius 3 is 2.65 bits per heavy atom. The Bertz CT molecular complexity index is 405. The van der Waals surface area contributed by atoms with Crippen molar-refractivity contribution < 1.29 is 17.9 Å². The summed E-state index contributed by atoms with van der Waals surface area (Å²) in [5.41, 5.74) is 0.155. The molecule has 0 radical (unpaired) electrons. The molecule has 94 valence electrons. The summed E-state index contributed by atoms with van der Waals surface area (Å²) in [5, 5.41) is 2.94. The highest BCUT2D eigenvalue weighted by molar-refractivity contribution is 5.24. The first-order chi connectivity index (χ1) is 8.15. The molecule has 1 N–H and O–H groups in total. The molecule has 0 spiro atoms. The maximum atomic E-state index is 13.7. The Morgan fingerprint density at radius 1 is 1.29 bits per heavy atom.